The van der Waals surface area contributed by atoms with Crippen LogP contribution < -0.4 is 0 Å². The highest BCUT2D eigenvalue weighted by molar-refractivity contribution is 5.75. The highest BCUT2D eigenvalue weighted by atomic mass is 15.0. The number of rotatable bonds is 8. The summed E-state index contributed by atoms with van der Waals surface area (Å²) in [5.74, 6) is 3.13. The van der Waals surface area contributed by atoms with E-state index in [1.165, 1.54) is 5.56 Å². The second kappa shape index (κ2) is 12.4. The minimum absolute atomic E-state index is 0.528. The number of aliphatic imine (C=N–C) groups is 1. The van der Waals surface area contributed by atoms with Crippen LogP contribution in [0.4, 0.5) is 0 Å². The van der Waals surface area contributed by atoms with Crippen LogP contribution in [0.1, 0.15) is 38.6 Å². The molecule has 0 saturated carbocycles. The lowest BCUT2D eigenvalue weighted by molar-refractivity contribution is 0.738. The number of aromatic nitrogens is 3. The van der Waals surface area contributed by atoms with Crippen molar-refractivity contribution in [1.82, 2.24) is 15.0 Å². The number of allylic oxidation sites excluding steroid dienone is 6. The minimum atomic E-state index is 0.528. The van der Waals surface area contributed by atoms with Crippen molar-refractivity contribution in [2.75, 3.05) is 0 Å². The number of benzene rings is 3. The first-order chi connectivity index (χ1) is 19.0. The lowest BCUT2D eigenvalue weighted by atomic mass is 9.98. The third-order valence-electron chi connectivity index (χ3n) is 6.61. The maximum atomic E-state index is 4.92. The summed E-state index contributed by atoms with van der Waals surface area (Å²) in [5, 5.41) is 0. The summed E-state index contributed by atoms with van der Waals surface area (Å²) in [4.78, 5) is 19.2. The van der Waals surface area contributed by atoms with Crippen molar-refractivity contribution in [3.63, 3.8) is 0 Å². The van der Waals surface area contributed by atoms with Gasteiger partial charge in [0.1, 0.15) is 0 Å². The van der Waals surface area contributed by atoms with Crippen LogP contribution in [0, 0.1) is 11.8 Å². The quantitative estimate of drug-likeness (QED) is 0.223. The van der Waals surface area contributed by atoms with Crippen LogP contribution in [0.3, 0.4) is 0 Å². The van der Waals surface area contributed by atoms with Gasteiger partial charge in [0, 0.05) is 22.9 Å². The molecular formula is C35H34N4. The van der Waals surface area contributed by atoms with Crippen molar-refractivity contribution < 1.29 is 0 Å². The van der Waals surface area contributed by atoms with E-state index in [1.54, 1.807) is 0 Å². The molecule has 0 bridgehead atoms. The average Bonchev–Trinajstić information content (AvgIpc) is 2.98. The van der Waals surface area contributed by atoms with E-state index in [-0.39, 0.29) is 0 Å². The van der Waals surface area contributed by atoms with Crippen molar-refractivity contribution in [1.29, 1.82) is 0 Å². The Labute approximate surface area is 231 Å². The van der Waals surface area contributed by atoms with Crippen molar-refractivity contribution in [2.45, 2.75) is 33.7 Å². The molecule has 5 rings (SSSR count). The second-order valence-electron chi connectivity index (χ2n) is 10.3. The first-order valence-electron chi connectivity index (χ1n) is 13.6. The summed E-state index contributed by atoms with van der Waals surface area (Å²) in [5.41, 5.74) is 6.44. The molecular weight excluding hydrogens is 476 g/mol. The van der Waals surface area contributed by atoms with E-state index in [0.29, 0.717) is 35.9 Å². The normalized spacial score (nSPS) is 15.4. The van der Waals surface area contributed by atoms with E-state index in [4.69, 9.17) is 15.0 Å². The molecule has 0 fully saturated rings. The van der Waals surface area contributed by atoms with Gasteiger partial charge in [-0.15, -0.1) is 0 Å². The van der Waals surface area contributed by atoms with Gasteiger partial charge in [0.25, 0.3) is 0 Å². The Hall–Kier alpha value is -4.44. The highest BCUT2D eigenvalue weighted by Gasteiger charge is 2.15. The molecule has 194 valence electrons. The molecule has 4 heteroatoms. The topological polar surface area (TPSA) is 51.0 Å². The standard InChI is InChI=1S/C35H34N4/c1-25(2)9-8-22-36-24-27-16-20-28(21-17-27)31-12-7-13-32(23-31)35-38-33(29-10-5-4-6-11-29)37-34(39-35)30-18-14-26(3)15-19-30/h4-14,16-23,25-26H,15,24H2,1-3H3/b9-8-,36-22?/t26-/m0/s1. The minimum Gasteiger partial charge on any atom is -0.288 e. The third-order valence-corrected chi connectivity index (χ3v) is 6.61. The van der Waals surface area contributed by atoms with Crippen LogP contribution in [0.15, 0.2) is 114 Å². The first kappa shape index (κ1) is 26.2. The maximum Gasteiger partial charge on any atom is 0.164 e. The van der Waals surface area contributed by atoms with Crippen LogP contribution in [0.25, 0.3) is 39.5 Å². The molecule has 1 aliphatic carbocycles. The summed E-state index contributed by atoms with van der Waals surface area (Å²) < 4.78 is 0. The Morgan fingerprint density at radius 3 is 2.21 bits per heavy atom. The first-order valence-corrected chi connectivity index (χ1v) is 13.6. The maximum absolute atomic E-state index is 4.92. The molecule has 0 spiro atoms. The van der Waals surface area contributed by atoms with Crippen molar-refractivity contribution in [3.05, 3.63) is 121 Å². The molecule has 0 saturated heterocycles. The average molecular weight is 511 g/mol. The van der Waals surface area contributed by atoms with Gasteiger partial charge >= 0.3 is 0 Å². The van der Waals surface area contributed by atoms with Crippen LogP contribution in [-0.4, -0.2) is 21.2 Å². The Kier molecular flexibility index (Phi) is 8.33. The van der Waals surface area contributed by atoms with E-state index < -0.39 is 0 Å². The third kappa shape index (κ3) is 6.91. The lowest BCUT2D eigenvalue weighted by Gasteiger charge is -2.13. The van der Waals surface area contributed by atoms with Crippen LogP contribution >= 0.6 is 0 Å². The van der Waals surface area contributed by atoms with Gasteiger partial charge in [0.15, 0.2) is 17.5 Å². The molecule has 0 N–H and O–H groups in total. The second-order valence-corrected chi connectivity index (χ2v) is 10.3. The molecule has 0 unspecified atom stereocenters. The molecule has 0 radical (unpaired) electrons. The zero-order valence-electron chi connectivity index (χ0n) is 22.8. The van der Waals surface area contributed by atoms with Crippen molar-refractivity contribution in [3.8, 4) is 33.9 Å². The van der Waals surface area contributed by atoms with E-state index in [2.05, 4.69) is 98.6 Å². The van der Waals surface area contributed by atoms with Gasteiger partial charge in [-0.05, 0) is 47.1 Å². The zero-order valence-corrected chi connectivity index (χ0v) is 22.8. The molecule has 4 nitrogen and oxygen atoms in total. The Morgan fingerprint density at radius 2 is 1.49 bits per heavy atom. The summed E-state index contributed by atoms with van der Waals surface area (Å²) in [6.07, 6.45) is 13.6. The lowest BCUT2D eigenvalue weighted by Crippen LogP contribution is -2.04. The molecule has 1 aliphatic rings. The van der Waals surface area contributed by atoms with Gasteiger partial charge in [-0.25, -0.2) is 15.0 Å². The fourth-order valence-corrected chi connectivity index (χ4v) is 4.38. The summed E-state index contributed by atoms with van der Waals surface area (Å²) >= 11 is 0. The van der Waals surface area contributed by atoms with Gasteiger partial charge < -0.3 is 0 Å². The van der Waals surface area contributed by atoms with Gasteiger partial charge in [-0.1, -0.05) is 118 Å². The fourth-order valence-electron chi connectivity index (χ4n) is 4.38. The summed E-state index contributed by atoms with van der Waals surface area (Å²) in [7, 11) is 0. The molecule has 1 heterocycles. The number of hydrogen-bond acceptors (Lipinski definition) is 4. The largest absolute Gasteiger partial charge is 0.288 e. The van der Waals surface area contributed by atoms with Gasteiger partial charge in [0.2, 0.25) is 0 Å². The van der Waals surface area contributed by atoms with Crippen molar-refractivity contribution >= 4 is 11.8 Å². The Bertz CT molecular complexity index is 1530. The zero-order chi connectivity index (χ0) is 27.0. The van der Waals surface area contributed by atoms with E-state index in [1.807, 2.05) is 42.6 Å². The van der Waals surface area contributed by atoms with Crippen LogP contribution in [0.5, 0.6) is 0 Å². The van der Waals surface area contributed by atoms with E-state index in [9.17, 15) is 0 Å². The molecule has 3 aromatic carbocycles. The van der Waals surface area contributed by atoms with Crippen LogP contribution in [0.2, 0.25) is 0 Å². The Morgan fingerprint density at radius 1 is 0.795 bits per heavy atom. The molecule has 0 amide bonds. The smallest absolute Gasteiger partial charge is 0.164 e. The van der Waals surface area contributed by atoms with Gasteiger partial charge in [0.05, 0.1) is 6.54 Å². The van der Waals surface area contributed by atoms with Gasteiger partial charge in [-0.2, -0.15) is 0 Å². The Balaban J connectivity index is 1.44. The highest BCUT2D eigenvalue weighted by Crippen LogP contribution is 2.29. The monoisotopic (exact) mass is 510 g/mol. The molecule has 0 aliphatic heterocycles. The number of nitrogens with zero attached hydrogens (tertiary/aromatic N) is 4. The summed E-state index contributed by atoms with van der Waals surface area (Å²) in [6, 6.07) is 27.1. The van der Waals surface area contributed by atoms with E-state index in [0.717, 1.165) is 34.2 Å². The molecule has 4 aromatic rings. The van der Waals surface area contributed by atoms with Gasteiger partial charge in [-0.3, -0.25) is 4.99 Å². The van der Waals surface area contributed by atoms with Crippen LogP contribution in [-0.2, 0) is 6.54 Å². The van der Waals surface area contributed by atoms with E-state index >= 15 is 0 Å². The molecule has 39 heavy (non-hydrogen) atoms. The molecule has 1 atom stereocenters. The van der Waals surface area contributed by atoms with Crippen molar-refractivity contribution in [2.24, 2.45) is 16.8 Å². The fraction of sp³-hybridized carbons (Fsp3) is 0.200. The predicted molar refractivity (Wildman–Crippen MR) is 163 cm³/mol. The molecule has 1 aromatic heterocycles. The predicted octanol–water partition coefficient (Wildman–Crippen LogP) is 8.64. The summed E-state index contributed by atoms with van der Waals surface area (Å²) in [6.45, 7) is 7.20. The SMILES string of the molecule is CC(C)/C=C\C=NCc1ccc(-c2cccc(-c3nc(C4=CC[C@@H](C)C=C4)nc(-c4ccccc4)n3)c2)cc1. The number of hydrogen-bond donors (Lipinski definition) is 0.